The number of rotatable bonds is 8. The van der Waals surface area contributed by atoms with E-state index in [1.54, 1.807) is 37.1 Å². The lowest BCUT2D eigenvalue weighted by Crippen LogP contribution is -2.50. The van der Waals surface area contributed by atoms with Gasteiger partial charge >= 0.3 is 0 Å². The predicted molar refractivity (Wildman–Crippen MR) is 126 cm³/mol. The molecular weight excluding hydrogens is 443 g/mol. The number of carbonyl (C=O) groups excluding carboxylic acids is 1. The second kappa shape index (κ2) is 9.16. The second-order valence-electron chi connectivity index (χ2n) is 9.47. The molecule has 0 unspecified atom stereocenters. The van der Waals surface area contributed by atoms with Crippen molar-refractivity contribution < 1.29 is 22.3 Å². The fraction of sp³-hybridized carbons (Fsp3) is 0.480. The highest BCUT2D eigenvalue weighted by Gasteiger charge is 2.61. The zero-order valence-electron chi connectivity index (χ0n) is 19.3. The first kappa shape index (κ1) is 23.9. The Bertz CT molecular complexity index is 1120. The fourth-order valence-corrected chi connectivity index (χ4v) is 5.95. The molecule has 1 aliphatic carbocycles. The molecule has 1 heterocycles. The van der Waals surface area contributed by atoms with E-state index < -0.39 is 22.1 Å². The Morgan fingerprint density at radius 3 is 2.52 bits per heavy atom. The summed E-state index contributed by atoms with van der Waals surface area (Å²) in [5, 5.41) is 0. The van der Waals surface area contributed by atoms with Crippen LogP contribution in [0, 0.1) is 17.2 Å². The van der Waals surface area contributed by atoms with Crippen LogP contribution in [-0.4, -0.2) is 57.8 Å². The second-order valence-corrected chi connectivity index (χ2v) is 11.2. The van der Waals surface area contributed by atoms with Gasteiger partial charge in [0.05, 0.1) is 24.8 Å². The largest absolute Gasteiger partial charge is 0.384 e. The van der Waals surface area contributed by atoms with Crippen LogP contribution in [0.4, 0.5) is 4.39 Å². The van der Waals surface area contributed by atoms with Gasteiger partial charge in [-0.05, 0) is 30.4 Å². The molecule has 2 aromatic carbocycles. The number of methoxy groups -OCH3 is 1. The van der Waals surface area contributed by atoms with Crippen LogP contribution in [-0.2, 0) is 26.0 Å². The Balaban J connectivity index is 1.71. The standard InChI is InChI=1S/C25H31FN2O4S/c1-17(15-32-2)24(29)28-16-25(12-13-25)23(27-33(3,30)31)21(28)14-19-10-7-11-20(22(19)26)18-8-5-4-6-9-18/h4-11,17,21,23,27H,12-16H2,1-3H3/t17-,21-,23+/m0/s1. The minimum Gasteiger partial charge on any atom is -0.384 e. The van der Waals surface area contributed by atoms with Crippen LogP contribution in [0.2, 0.25) is 0 Å². The summed E-state index contributed by atoms with van der Waals surface area (Å²) in [5.74, 6) is -0.799. The smallest absolute Gasteiger partial charge is 0.228 e. The third kappa shape index (κ3) is 4.98. The van der Waals surface area contributed by atoms with Crippen molar-refractivity contribution in [2.45, 2.75) is 38.3 Å². The fourth-order valence-electron chi connectivity index (χ4n) is 5.08. The highest BCUT2D eigenvalue weighted by molar-refractivity contribution is 7.88. The van der Waals surface area contributed by atoms with Gasteiger partial charge in [-0.1, -0.05) is 55.5 Å². The maximum Gasteiger partial charge on any atom is 0.228 e. The molecule has 6 nitrogen and oxygen atoms in total. The van der Waals surface area contributed by atoms with Crippen molar-refractivity contribution in [1.82, 2.24) is 9.62 Å². The molecule has 1 aliphatic heterocycles. The van der Waals surface area contributed by atoms with Crippen LogP contribution in [0.3, 0.4) is 0 Å². The molecule has 1 N–H and O–H groups in total. The number of nitrogens with zero attached hydrogens (tertiary/aromatic N) is 1. The Kier molecular flexibility index (Phi) is 6.62. The van der Waals surface area contributed by atoms with Gasteiger partial charge in [0, 0.05) is 30.7 Å². The number of benzene rings is 2. The number of carbonyl (C=O) groups is 1. The van der Waals surface area contributed by atoms with Gasteiger partial charge in [0.1, 0.15) is 5.82 Å². The number of likely N-dealkylation sites (tertiary alicyclic amines) is 1. The maximum atomic E-state index is 15.6. The van der Waals surface area contributed by atoms with Gasteiger partial charge in [0.2, 0.25) is 15.9 Å². The third-order valence-corrected chi connectivity index (χ3v) is 7.56. The van der Waals surface area contributed by atoms with Gasteiger partial charge in [-0.25, -0.2) is 17.5 Å². The topological polar surface area (TPSA) is 75.7 Å². The van der Waals surface area contributed by atoms with Gasteiger partial charge in [0.15, 0.2) is 0 Å². The van der Waals surface area contributed by atoms with Crippen molar-refractivity contribution in [2.75, 3.05) is 26.5 Å². The average molecular weight is 475 g/mol. The van der Waals surface area contributed by atoms with E-state index in [-0.39, 0.29) is 36.1 Å². The molecule has 8 heteroatoms. The average Bonchev–Trinajstić information content (AvgIpc) is 3.50. The van der Waals surface area contributed by atoms with Gasteiger partial charge in [-0.15, -0.1) is 0 Å². The molecule has 1 saturated heterocycles. The number of amides is 1. The molecule has 2 aliphatic rings. The molecule has 178 valence electrons. The molecule has 1 spiro atoms. The van der Waals surface area contributed by atoms with E-state index >= 15 is 4.39 Å². The Labute approximate surface area is 195 Å². The van der Waals surface area contributed by atoms with Crippen LogP contribution in [0.25, 0.3) is 11.1 Å². The summed E-state index contributed by atoms with van der Waals surface area (Å²) in [6.07, 6.45) is 3.04. The van der Waals surface area contributed by atoms with E-state index in [2.05, 4.69) is 4.72 Å². The zero-order chi connectivity index (χ0) is 23.8. The number of nitrogens with one attached hydrogen (secondary N) is 1. The van der Waals surface area contributed by atoms with Crippen LogP contribution < -0.4 is 4.72 Å². The molecule has 33 heavy (non-hydrogen) atoms. The van der Waals surface area contributed by atoms with Crippen molar-refractivity contribution >= 4 is 15.9 Å². The van der Waals surface area contributed by atoms with E-state index in [0.29, 0.717) is 17.7 Å². The molecule has 0 bridgehead atoms. The van der Waals surface area contributed by atoms with Crippen molar-refractivity contribution in [3.05, 3.63) is 59.9 Å². The number of ether oxygens (including phenoxy) is 1. The van der Waals surface area contributed by atoms with Gasteiger partial charge < -0.3 is 9.64 Å². The van der Waals surface area contributed by atoms with Gasteiger partial charge in [-0.3, -0.25) is 4.79 Å². The molecule has 3 atom stereocenters. The van der Waals surface area contributed by atoms with E-state index in [4.69, 9.17) is 4.74 Å². The van der Waals surface area contributed by atoms with E-state index in [0.717, 1.165) is 24.7 Å². The predicted octanol–water partition coefficient (Wildman–Crippen LogP) is 3.23. The van der Waals surface area contributed by atoms with Gasteiger partial charge in [-0.2, -0.15) is 0 Å². The summed E-state index contributed by atoms with van der Waals surface area (Å²) >= 11 is 0. The minimum absolute atomic E-state index is 0.0921. The first-order chi connectivity index (χ1) is 15.6. The van der Waals surface area contributed by atoms with Crippen LogP contribution in [0.1, 0.15) is 25.3 Å². The molecule has 1 amide bonds. The van der Waals surface area contributed by atoms with Crippen LogP contribution in [0.15, 0.2) is 48.5 Å². The molecule has 4 rings (SSSR count). The van der Waals surface area contributed by atoms with Crippen molar-refractivity contribution in [3.8, 4) is 11.1 Å². The monoisotopic (exact) mass is 474 g/mol. The van der Waals surface area contributed by atoms with Crippen LogP contribution in [0.5, 0.6) is 0 Å². The highest BCUT2D eigenvalue weighted by atomic mass is 32.2. The number of hydrogen-bond donors (Lipinski definition) is 1. The van der Waals surface area contributed by atoms with E-state index in [9.17, 15) is 13.2 Å². The van der Waals surface area contributed by atoms with Crippen molar-refractivity contribution in [3.63, 3.8) is 0 Å². The summed E-state index contributed by atoms with van der Waals surface area (Å²) in [7, 11) is -1.96. The Morgan fingerprint density at radius 1 is 1.21 bits per heavy atom. The number of sulfonamides is 1. The van der Waals surface area contributed by atoms with Crippen molar-refractivity contribution in [2.24, 2.45) is 11.3 Å². The summed E-state index contributed by atoms with van der Waals surface area (Å²) < 4.78 is 48.0. The van der Waals surface area contributed by atoms with Crippen molar-refractivity contribution in [1.29, 1.82) is 0 Å². The molecule has 1 saturated carbocycles. The lowest BCUT2D eigenvalue weighted by molar-refractivity contribution is -0.137. The zero-order valence-corrected chi connectivity index (χ0v) is 20.1. The quantitative estimate of drug-likeness (QED) is 0.638. The number of halogens is 1. The molecule has 2 aromatic rings. The molecular formula is C25H31FN2O4S. The lowest BCUT2D eigenvalue weighted by Gasteiger charge is -2.31. The first-order valence-electron chi connectivity index (χ1n) is 11.2. The number of hydrogen-bond acceptors (Lipinski definition) is 4. The SMILES string of the molecule is COC[C@H](C)C(=O)N1CC2(CC2)[C@H](NS(C)(=O)=O)[C@@H]1Cc1cccc(-c2ccccc2)c1F. The normalized spacial score (nSPS) is 22.5. The summed E-state index contributed by atoms with van der Waals surface area (Å²) in [4.78, 5) is 15.1. The summed E-state index contributed by atoms with van der Waals surface area (Å²) in [6.45, 7) is 2.55. The molecule has 0 aromatic heterocycles. The molecule has 2 fully saturated rings. The Morgan fingerprint density at radius 2 is 1.91 bits per heavy atom. The maximum absolute atomic E-state index is 15.6. The van der Waals surface area contributed by atoms with Crippen LogP contribution >= 0.6 is 0 Å². The van der Waals surface area contributed by atoms with E-state index in [1.807, 2.05) is 30.3 Å². The lowest BCUT2D eigenvalue weighted by atomic mass is 9.91. The third-order valence-electron chi connectivity index (χ3n) is 6.88. The molecule has 0 radical (unpaired) electrons. The highest BCUT2D eigenvalue weighted by Crippen LogP contribution is 2.55. The van der Waals surface area contributed by atoms with E-state index in [1.165, 1.54) is 0 Å². The summed E-state index contributed by atoms with van der Waals surface area (Å²) in [6, 6.07) is 13.6. The summed E-state index contributed by atoms with van der Waals surface area (Å²) in [5.41, 5.74) is 1.44. The first-order valence-corrected chi connectivity index (χ1v) is 13.1. The Hall–Kier alpha value is -2.29. The minimum atomic E-state index is -3.51. The van der Waals surface area contributed by atoms with Gasteiger partial charge in [0.25, 0.3) is 0 Å².